The van der Waals surface area contributed by atoms with Crippen LogP contribution in [0.15, 0.2) is 93.0 Å². The minimum Gasteiger partial charge on any atom is -0.464 e. The summed E-state index contributed by atoms with van der Waals surface area (Å²) in [5.41, 5.74) is 2.22. The molecule has 0 bridgehead atoms. The quantitative estimate of drug-likeness (QED) is 0.0561. The Bertz CT molecular complexity index is 1820. The molecule has 0 radical (unpaired) electrons. The summed E-state index contributed by atoms with van der Waals surface area (Å²) >= 11 is 0. The molecule has 1 aromatic carbocycles. The lowest BCUT2D eigenvalue weighted by Gasteiger charge is -2.25. The van der Waals surface area contributed by atoms with Gasteiger partial charge in [0.1, 0.15) is 31.4 Å². The number of hydrogen-bond donors (Lipinski definition) is 0. The third kappa shape index (κ3) is 13.7. The predicted octanol–water partition coefficient (Wildman–Crippen LogP) is 9.88. The van der Waals surface area contributed by atoms with Crippen LogP contribution in [0.5, 0.6) is 0 Å². The van der Waals surface area contributed by atoms with Gasteiger partial charge in [0.05, 0.1) is 53.2 Å². The fourth-order valence-electron chi connectivity index (χ4n) is 6.71. The molecule has 0 saturated heterocycles. The van der Waals surface area contributed by atoms with Gasteiger partial charge in [0.15, 0.2) is 5.57 Å². The van der Waals surface area contributed by atoms with E-state index in [-0.39, 0.29) is 65.3 Å². The van der Waals surface area contributed by atoms with Gasteiger partial charge in [0.2, 0.25) is 0 Å². The smallest absolute Gasteiger partial charge is 0.308 e. The molecular weight excluding hydrogens is 731 g/mol. The lowest BCUT2D eigenvalue weighted by atomic mass is 9.97. The van der Waals surface area contributed by atoms with E-state index in [4.69, 9.17) is 9.47 Å². The number of amides is 1. The SMILES string of the molecule is CCCCC(CC)C(=O)OCCN(CCOC(=O)C(CC)CCCC)c1ccc(N=NC2=CCC(/C=C/C3=C(C#N)C(=C(C#N)C#N)N(CCCC)C3=O)C=C2)cc1. The molecule has 2 aliphatic rings. The van der Waals surface area contributed by atoms with Crippen LogP contribution in [0, 0.1) is 51.7 Å². The summed E-state index contributed by atoms with van der Waals surface area (Å²) in [5.74, 6) is -1.02. The van der Waals surface area contributed by atoms with E-state index in [0.29, 0.717) is 43.9 Å². The molecule has 0 aromatic heterocycles. The number of nitriles is 3. The largest absolute Gasteiger partial charge is 0.464 e. The molecule has 3 unspecified atom stereocenters. The van der Waals surface area contributed by atoms with Gasteiger partial charge in [-0.2, -0.15) is 26.0 Å². The van der Waals surface area contributed by atoms with Crippen LogP contribution in [-0.4, -0.2) is 55.6 Å². The summed E-state index contributed by atoms with van der Waals surface area (Å²) in [7, 11) is 0. The number of benzene rings is 1. The Labute approximate surface area is 344 Å². The number of anilines is 1. The maximum absolute atomic E-state index is 13.3. The number of rotatable bonds is 24. The Kier molecular flexibility index (Phi) is 20.4. The van der Waals surface area contributed by atoms with E-state index >= 15 is 0 Å². The van der Waals surface area contributed by atoms with Crippen molar-refractivity contribution in [1.82, 2.24) is 4.90 Å². The number of esters is 2. The zero-order chi connectivity index (χ0) is 42.3. The number of allylic oxidation sites excluding steroid dienone is 6. The molecule has 3 atom stereocenters. The molecule has 0 saturated carbocycles. The molecule has 3 rings (SSSR count). The highest BCUT2D eigenvalue weighted by Crippen LogP contribution is 2.33. The van der Waals surface area contributed by atoms with Crippen molar-refractivity contribution in [2.24, 2.45) is 28.0 Å². The normalized spacial score (nSPS) is 16.2. The molecule has 1 aliphatic carbocycles. The van der Waals surface area contributed by atoms with Crippen molar-refractivity contribution in [2.45, 2.75) is 105 Å². The van der Waals surface area contributed by atoms with Crippen LogP contribution in [0.1, 0.15) is 105 Å². The molecule has 1 amide bonds. The molecule has 12 nitrogen and oxygen atoms in total. The highest BCUT2D eigenvalue weighted by molar-refractivity contribution is 6.04. The van der Waals surface area contributed by atoms with Crippen LogP contribution in [0.3, 0.4) is 0 Å². The molecule has 12 heteroatoms. The highest BCUT2D eigenvalue weighted by atomic mass is 16.5. The molecular formula is C46H59N7O5. The molecule has 1 aromatic rings. The fraction of sp³-hybridized carbons (Fsp3) is 0.522. The van der Waals surface area contributed by atoms with Crippen LogP contribution in [0.4, 0.5) is 11.4 Å². The molecule has 58 heavy (non-hydrogen) atoms. The third-order valence-electron chi connectivity index (χ3n) is 10.4. The van der Waals surface area contributed by atoms with Gasteiger partial charge in [0, 0.05) is 12.2 Å². The first kappa shape index (κ1) is 46.6. The van der Waals surface area contributed by atoms with E-state index in [1.807, 2.05) is 92.4 Å². The van der Waals surface area contributed by atoms with Gasteiger partial charge in [-0.3, -0.25) is 14.4 Å². The summed E-state index contributed by atoms with van der Waals surface area (Å²) in [6, 6.07) is 13.3. The monoisotopic (exact) mass is 789 g/mol. The lowest BCUT2D eigenvalue weighted by Crippen LogP contribution is -2.33. The average molecular weight is 790 g/mol. The van der Waals surface area contributed by atoms with Gasteiger partial charge in [0.25, 0.3) is 5.91 Å². The van der Waals surface area contributed by atoms with Gasteiger partial charge in [-0.15, -0.1) is 0 Å². The maximum Gasteiger partial charge on any atom is 0.308 e. The summed E-state index contributed by atoms with van der Waals surface area (Å²) in [5, 5.41) is 37.8. The van der Waals surface area contributed by atoms with Crippen molar-refractivity contribution in [3.05, 3.63) is 82.8 Å². The van der Waals surface area contributed by atoms with Crippen molar-refractivity contribution < 1.29 is 23.9 Å². The lowest BCUT2D eigenvalue weighted by molar-refractivity contribution is -0.149. The first-order valence-electron chi connectivity index (χ1n) is 20.9. The molecule has 1 heterocycles. The van der Waals surface area contributed by atoms with Crippen LogP contribution in [-0.2, 0) is 23.9 Å². The number of ether oxygens (including phenoxy) is 2. The summed E-state index contributed by atoms with van der Waals surface area (Å²) < 4.78 is 11.4. The first-order chi connectivity index (χ1) is 28.2. The minimum atomic E-state index is -0.393. The number of carbonyl (C=O) groups is 3. The van der Waals surface area contributed by atoms with Crippen molar-refractivity contribution in [3.63, 3.8) is 0 Å². The summed E-state index contributed by atoms with van der Waals surface area (Å²) in [6.45, 7) is 11.8. The Morgan fingerprint density at radius 1 is 0.879 bits per heavy atom. The first-order valence-corrected chi connectivity index (χ1v) is 20.9. The Morgan fingerprint density at radius 3 is 1.95 bits per heavy atom. The molecule has 0 fully saturated rings. The second-order valence-corrected chi connectivity index (χ2v) is 14.4. The Morgan fingerprint density at radius 2 is 1.47 bits per heavy atom. The number of hydrogen-bond acceptors (Lipinski definition) is 11. The second kappa shape index (κ2) is 25.5. The van der Waals surface area contributed by atoms with E-state index in [9.17, 15) is 30.2 Å². The van der Waals surface area contributed by atoms with Gasteiger partial charge >= 0.3 is 11.9 Å². The van der Waals surface area contributed by atoms with Gasteiger partial charge in [-0.05, 0) is 74.8 Å². The van der Waals surface area contributed by atoms with Crippen molar-refractivity contribution in [3.8, 4) is 18.2 Å². The summed E-state index contributed by atoms with van der Waals surface area (Å²) in [4.78, 5) is 42.3. The molecule has 0 N–H and O–H groups in total. The minimum absolute atomic E-state index is 0.0344. The van der Waals surface area contributed by atoms with E-state index in [0.717, 1.165) is 63.5 Å². The van der Waals surface area contributed by atoms with Gasteiger partial charge in [-0.1, -0.05) is 91.0 Å². The van der Waals surface area contributed by atoms with E-state index < -0.39 is 5.91 Å². The van der Waals surface area contributed by atoms with Crippen molar-refractivity contribution >= 4 is 29.2 Å². The van der Waals surface area contributed by atoms with Gasteiger partial charge < -0.3 is 19.3 Å². The number of carbonyl (C=O) groups excluding carboxylic acids is 3. The van der Waals surface area contributed by atoms with Crippen LogP contribution < -0.4 is 4.90 Å². The topological polar surface area (TPSA) is 172 Å². The van der Waals surface area contributed by atoms with Gasteiger partial charge in [-0.25, -0.2) is 0 Å². The number of nitrogens with zero attached hydrogens (tertiary/aromatic N) is 7. The van der Waals surface area contributed by atoms with Crippen LogP contribution >= 0.6 is 0 Å². The molecule has 308 valence electrons. The van der Waals surface area contributed by atoms with E-state index in [1.165, 1.54) is 4.90 Å². The third-order valence-corrected chi connectivity index (χ3v) is 10.4. The van der Waals surface area contributed by atoms with Crippen molar-refractivity contribution in [1.29, 1.82) is 15.8 Å². The number of azo groups is 1. The van der Waals surface area contributed by atoms with Crippen LogP contribution in [0.2, 0.25) is 0 Å². The Hall–Kier alpha value is -5.80. The van der Waals surface area contributed by atoms with E-state index in [2.05, 4.69) is 24.1 Å². The zero-order valence-corrected chi connectivity index (χ0v) is 34.9. The second-order valence-electron chi connectivity index (χ2n) is 14.4. The van der Waals surface area contributed by atoms with Crippen molar-refractivity contribution in [2.75, 3.05) is 37.7 Å². The predicted molar refractivity (Wildman–Crippen MR) is 224 cm³/mol. The number of unbranched alkanes of at least 4 members (excludes halogenated alkanes) is 3. The Balaban J connectivity index is 1.68. The summed E-state index contributed by atoms with van der Waals surface area (Å²) in [6.07, 6.45) is 18.4. The van der Waals surface area contributed by atoms with E-state index in [1.54, 1.807) is 6.08 Å². The maximum atomic E-state index is 13.3. The molecule has 0 spiro atoms. The average Bonchev–Trinajstić information content (AvgIpc) is 3.51. The van der Waals surface area contributed by atoms with Crippen LogP contribution in [0.25, 0.3) is 0 Å². The standard InChI is InChI=1S/C46H59N7O5/c1-6-11-14-35(9-4)45(55)57-29-27-52(28-30-58-46(56)36(10-5)15-12-7-2)40-23-21-39(22-24-40)51-50-38-19-16-34(17-20-38)18-25-41-42(33-49)43(37(31-47)32-48)53(44(41)54)26-13-8-3/h16,18-25,34-36H,6-15,17,26-30H2,1-5H3/b25-18+,51-50?. The molecule has 1 aliphatic heterocycles. The fourth-order valence-corrected chi connectivity index (χ4v) is 6.71. The highest BCUT2D eigenvalue weighted by Gasteiger charge is 2.36. The zero-order valence-electron chi connectivity index (χ0n) is 34.9.